The number of hydrogen-bond donors (Lipinski definition) is 1. The van der Waals surface area contributed by atoms with Crippen LogP contribution < -0.4 is 5.32 Å². The van der Waals surface area contributed by atoms with Gasteiger partial charge in [0.05, 0.1) is 0 Å². The average molecular weight is 314 g/mol. The predicted octanol–water partition coefficient (Wildman–Crippen LogP) is 3.12. The van der Waals surface area contributed by atoms with Gasteiger partial charge in [-0.3, -0.25) is 4.79 Å². The third kappa shape index (κ3) is 3.26. The molecular weight excluding hydrogens is 303 g/mol. The fourth-order valence-corrected chi connectivity index (χ4v) is 2.46. The zero-order chi connectivity index (χ0) is 15.4. The molecule has 0 aliphatic carbocycles. The molecule has 0 unspecified atom stereocenters. The number of carbonyl (C=O) groups is 1. The number of rotatable bonds is 4. The number of amides is 1. The van der Waals surface area contributed by atoms with Crippen LogP contribution in [0, 0.1) is 5.82 Å². The van der Waals surface area contributed by atoms with Crippen molar-refractivity contribution in [3.05, 3.63) is 65.1 Å². The van der Waals surface area contributed by atoms with Crippen LogP contribution in [0.5, 0.6) is 0 Å². The van der Waals surface area contributed by atoms with Crippen LogP contribution in [0.3, 0.4) is 0 Å². The zero-order valence-electron chi connectivity index (χ0n) is 11.3. The van der Waals surface area contributed by atoms with Gasteiger partial charge in [-0.15, -0.1) is 0 Å². The summed E-state index contributed by atoms with van der Waals surface area (Å²) >= 11 is 1.55. The van der Waals surface area contributed by atoms with Crippen LogP contribution in [-0.4, -0.2) is 20.7 Å². The van der Waals surface area contributed by atoms with Crippen LogP contribution in [0.25, 0.3) is 11.8 Å². The van der Waals surface area contributed by atoms with E-state index in [1.807, 2.05) is 16.8 Å². The minimum absolute atomic E-state index is 0.268. The first-order chi connectivity index (χ1) is 10.7. The van der Waals surface area contributed by atoms with E-state index >= 15 is 0 Å². The first-order valence-electron chi connectivity index (χ1n) is 6.38. The van der Waals surface area contributed by atoms with Gasteiger partial charge in [0, 0.05) is 11.8 Å². The number of nitrogens with one attached hydrogen (secondary N) is 1. The van der Waals surface area contributed by atoms with Crippen molar-refractivity contribution in [3.63, 3.8) is 0 Å². The van der Waals surface area contributed by atoms with E-state index in [0.717, 1.165) is 5.56 Å². The third-order valence-corrected chi connectivity index (χ3v) is 3.55. The Kier molecular flexibility index (Phi) is 4.06. The summed E-state index contributed by atoms with van der Waals surface area (Å²) in [7, 11) is 0. The Balaban J connectivity index is 1.70. The summed E-state index contributed by atoms with van der Waals surface area (Å²) in [6, 6.07) is 6.28. The number of thiophene rings is 1. The van der Waals surface area contributed by atoms with Crippen molar-refractivity contribution in [2.45, 2.75) is 0 Å². The molecule has 1 amide bonds. The minimum atomic E-state index is -0.495. The number of anilines is 1. The second-order valence-electron chi connectivity index (χ2n) is 4.39. The van der Waals surface area contributed by atoms with Gasteiger partial charge in [0.2, 0.25) is 5.91 Å². The van der Waals surface area contributed by atoms with E-state index < -0.39 is 5.82 Å². The summed E-state index contributed by atoms with van der Waals surface area (Å²) in [5.74, 6) is -0.816. The van der Waals surface area contributed by atoms with Crippen molar-refractivity contribution >= 4 is 29.0 Å². The summed E-state index contributed by atoms with van der Waals surface area (Å²) < 4.78 is 15.3. The Morgan fingerprint density at radius 3 is 2.95 bits per heavy atom. The summed E-state index contributed by atoms with van der Waals surface area (Å²) in [6.45, 7) is 0. The Morgan fingerprint density at radius 2 is 2.27 bits per heavy atom. The molecule has 0 aliphatic rings. The van der Waals surface area contributed by atoms with Gasteiger partial charge in [-0.25, -0.2) is 14.1 Å². The van der Waals surface area contributed by atoms with E-state index in [-0.39, 0.29) is 11.6 Å². The van der Waals surface area contributed by atoms with Gasteiger partial charge in [0.15, 0.2) is 5.82 Å². The van der Waals surface area contributed by atoms with Crippen LogP contribution in [0.1, 0.15) is 5.56 Å². The van der Waals surface area contributed by atoms with Gasteiger partial charge < -0.3 is 5.32 Å². The van der Waals surface area contributed by atoms with Crippen molar-refractivity contribution in [2.24, 2.45) is 0 Å². The van der Waals surface area contributed by atoms with Gasteiger partial charge in [0.1, 0.15) is 18.3 Å². The Morgan fingerprint density at radius 1 is 1.36 bits per heavy atom. The van der Waals surface area contributed by atoms with E-state index in [2.05, 4.69) is 15.4 Å². The smallest absolute Gasteiger partial charge is 0.248 e. The van der Waals surface area contributed by atoms with Gasteiger partial charge in [-0.1, -0.05) is 0 Å². The molecule has 110 valence electrons. The molecule has 0 fully saturated rings. The van der Waals surface area contributed by atoms with Gasteiger partial charge in [0.25, 0.3) is 0 Å². The summed E-state index contributed by atoms with van der Waals surface area (Å²) in [5.41, 5.74) is 1.60. The molecule has 2 aromatic heterocycles. The first-order valence-corrected chi connectivity index (χ1v) is 7.32. The maximum atomic E-state index is 14.0. The van der Waals surface area contributed by atoms with Gasteiger partial charge >= 0.3 is 0 Å². The lowest BCUT2D eigenvalue weighted by Gasteiger charge is -2.06. The van der Waals surface area contributed by atoms with E-state index in [1.165, 1.54) is 35.5 Å². The lowest BCUT2D eigenvalue weighted by Crippen LogP contribution is -2.08. The highest BCUT2D eigenvalue weighted by atomic mass is 32.1. The average Bonchev–Trinajstić information content (AvgIpc) is 3.19. The van der Waals surface area contributed by atoms with Crippen LogP contribution in [-0.2, 0) is 4.79 Å². The Hall–Kier alpha value is -2.80. The normalized spacial score (nSPS) is 11.0. The van der Waals surface area contributed by atoms with Crippen molar-refractivity contribution in [1.29, 1.82) is 0 Å². The molecule has 3 rings (SSSR count). The standard InChI is InChI=1S/C15H11FN4OS/c16-13-7-12(2-3-14(13)20-10-17-9-18-20)19-15(21)4-1-11-5-6-22-8-11/h1-10H,(H,19,21)/b4-1-. The summed E-state index contributed by atoms with van der Waals surface area (Å²) in [5, 5.41) is 10.3. The van der Waals surface area contributed by atoms with E-state index in [1.54, 1.807) is 23.5 Å². The predicted molar refractivity (Wildman–Crippen MR) is 83.3 cm³/mol. The molecule has 1 N–H and O–H groups in total. The molecule has 0 saturated carbocycles. The van der Waals surface area contributed by atoms with Crippen LogP contribution in [0.2, 0.25) is 0 Å². The molecule has 22 heavy (non-hydrogen) atoms. The lowest BCUT2D eigenvalue weighted by molar-refractivity contribution is -0.111. The van der Waals surface area contributed by atoms with Crippen molar-refractivity contribution in [2.75, 3.05) is 5.32 Å². The molecule has 0 aliphatic heterocycles. The number of aromatic nitrogens is 3. The number of benzene rings is 1. The molecule has 2 heterocycles. The molecule has 1 aromatic carbocycles. The molecule has 5 nitrogen and oxygen atoms in total. The van der Waals surface area contributed by atoms with Crippen molar-refractivity contribution in [3.8, 4) is 5.69 Å². The molecule has 0 saturated heterocycles. The molecule has 0 atom stereocenters. The van der Waals surface area contributed by atoms with Gasteiger partial charge in [-0.2, -0.15) is 16.4 Å². The quantitative estimate of drug-likeness (QED) is 0.753. The second-order valence-corrected chi connectivity index (χ2v) is 5.17. The SMILES string of the molecule is O=C(/C=C\c1ccsc1)Nc1ccc(-n2cncn2)c(F)c1. The second kappa shape index (κ2) is 6.31. The first kappa shape index (κ1) is 14.2. The van der Waals surface area contributed by atoms with Crippen LogP contribution >= 0.6 is 11.3 Å². The summed E-state index contributed by atoms with van der Waals surface area (Å²) in [6.07, 6.45) is 5.84. The fourth-order valence-electron chi connectivity index (χ4n) is 1.83. The highest BCUT2D eigenvalue weighted by Gasteiger charge is 2.07. The molecule has 0 radical (unpaired) electrons. The molecule has 0 spiro atoms. The largest absolute Gasteiger partial charge is 0.322 e. The maximum absolute atomic E-state index is 14.0. The van der Waals surface area contributed by atoms with E-state index in [0.29, 0.717) is 5.69 Å². The lowest BCUT2D eigenvalue weighted by atomic mass is 10.2. The fraction of sp³-hybridized carbons (Fsp3) is 0. The molecule has 3 aromatic rings. The maximum Gasteiger partial charge on any atom is 0.248 e. The minimum Gasteiger partial charge on any atom is -0.322 e. The van der Waals surface area contributed by atoms with Crippen LogP contribution in [0.4, 0.5) is 10.1 Å². The molecular formula is C15H11FN4OS. The van der Waals surface area contributed by atoms with Crippen molar-refractivity contribution in [1.82, 2.24) is 14.8 Å². The van der Waals surface area contributed by atoms with Gasteiger partial charge in [-0.05, 0) is 46.7 Å². The number of hydrogen-bond acceptors (Lipinski definition) is 4. The number of halogens is 1. The number of carbonyl (C=O) groups excluding carboxylic acids is 1. The van der Waals surface area contributed by atoms with E-state index in [9.17, 15) is 9.18 Å². The molecule has 7 heteroatoms. The molecule has 0 bridgehead atoms. The number of nitrogens with zero attached hydrogens (tertiary/aromatic N) is 3. The van der Waals surface area contributed by atoms with Crippen LogP contribution in [0.15, 0.2) is 53.8 Å². The van der Waals surface area contributed by atoms with Crippen molar-refractivity contribution < 1.29 is 9.18 Å². The summed E-state index contributed by atoms with van der Waals surface area (Å²) in [4.78, 5) is 15.6. The van der Waals surface area contributed by atoms with E-state index in [4.69, 9.17) is 0 Å². The highest BCUT2D eigenvalue weighted by molar-refractivity contribution is 7.08. The topological polar surface area (TPSA) is 59.8 Å². The monoisotopic (exact) mass is 314 g/mol. The zero-order valence-corrected chi connectivity index (χ0v) is 12.1. The Bertz CT molecular complexity index is 797. The highest BCUT2D eigenvalue weighted by Crippen LogP contribution is 2.17. The Labute approximate surface area is 129 Å². The third-order valence-electron chi connectivity index (χ3n) is 2.85.